The highest BCUT2D eigenvalue weighted by Gasteiger charge is 2.14. The molecule has 1 aromatic carbocycles. The van der Waals surface area contributed by atoms with Crippen molar-refractivity contribution in [1.82, 2.24) is 4.98 Å². The highest BCUT2D eigenvalue weighted by Crippen LogP contribution is 2.25. The van der Waals surface area contributed by atoms with Crippen LogP contribution in [0.4, 0.5) is 8.78 Å². The van der Waals surface area contributed by atoms with Crippen LogP contribution in [-0.2, 0) is 0 Å². The third kappa shape index (κ3) is 2.52. The summed E-state index contributed by atoms with van der Waals surface area (Å²) >= 11 is 0. The van der Waals surface area contributed by atoms with Crippen LogP contribution >= 0.6 is 0 Å². The summed E-state index contributed by atoms with van der Waals surface area (Å²) in [6.45, 7) is 0. The van der Waals surface area contributed by atoms with Crippen molar-refractivity contribution in [3.63, 3.8) is 0 Å². The van der Waals surface area contributed by atoms with Crippen LogP contribution in [0.1, 0.15) is 10.4 Å². The van der Waals surface area contributed by atoms with Crippen molar-refractivity contribution in [2.24, 2.45) is 0 Å². The fourth-order valence-corrected chi connectivity index (χ4v) is 1.59. The summed E-state index contributed by atoms with van der Waals surface area (Å²) < 4.78 is 30.8. The molecule has 0 unspecified atom stereocenters. The maximum Gasteiger partial charge on any atom is 0.339 e. The van der Waals surface area contributed by atoms with Gasteiger partial charge in [-0.15, -0.1) is 0 Å². The fraction of sp³-hybridized carbons (Fsp3) is 0.0769. The molecular weight excluding hydrogens is 256 g/mol. The summed E-state index contributed by atoms with van der Waals surface area (Å²) in [5.74, 6) is -3.09. The molecule has 0 saturated carbocycles. The molecule has 0 atom stereocenters. The number of pyridine rings is 1. The van der Waals surface area contributed by atoms with Gasteiger partial charge in [0, 0.05) is 5.56 Å². The first-order valence-electron chi connectivity index (χ1n) is 5.25. The Kier molecular flexibility index (Phi) is 3.41. The number of benzene rings is 1. The Morgan fingerprint density at radius 3 is 2.58 bits per heavy atom. The molecule has 1 N–H and O–H groups in total. The van der Waals surface area contributed by atoms with E-state index in [1.54, 1.807) is 0 Å². The lowest BCUT2D eigenvalue weighted by Crippen LogP contribution is -2.02. The normalized spacial score (nSPS) is 10.3. The Labute approximate surface area is 107 Å². The Balaban J connectivity index is 2.53. The third-order valence-electron chi connectivity index (χ3n) is 2.53. The molecule has 19 heavy (non-hydrogen) atoms. The van der Waals surface area contributed by atoms with Gasteiger partial charge in [-0.3, -0.25) is 4.98 Å². The van der Waals surface area contributed by atoms with Gasteiger partial charge in [0.25, 0.3) is 0 Å². The van der Waals surface area contributed by atoms with Crippen LogP contribution in [0.15, 0.2) is 30.5 Å². The molecule has 0 fully saturated rings. The smallest absolute Gasteiger partial charge is 0.339 e. The van der Waals surface area contributed by atoms with Gasteiger partial charge in [0.2, 0.25) is 0 Å². The molecule has 4 nitrogen and oxygen atoms in total. The second-order valence-corrected chi connectivity index (χ2v) is 3.70. The number of halogens is 2. The molecule has 1 aromatic heterocycles. The summed E-state index contributed by atoms with van der Waals surface area (Å²) in [6, 6.07) is 4.47. The summed E-state index contributed by atoms with van der Waals surface area (Å²) in [5, 5.41) is 9.02. The van der Waals surface area contributed by atoms with E-state index in [1.807, 2.05) is 0 Å². The van der Waals surface area contributed by atoms with Crippen LogP contribution in [0.2, 0.25) is 0 Å². The number of aromatic nitrogens is 1. The van der Waals surface area contributed by atoms with E-state index in [9.17, 15) is 13.6 Å². The van der Waals surface area contributed by atoms with Crippen molar-refractivity contribution in [3.05, 3.63) is 47.7 Å². The quantitative estimate of drug-likeness (QED) is 0.927. The molecule has 0 aliphatic carbocycles. The topological polar surface area (TPSA) is 59.4 Å². The van der Waals surface area contributed by atoms with Gasteiger partial charge in [0.15, 0.2) is 17.4 Å². The minimum absolute atomic E-state index is 0.0961. The van der Waals surface area contributed by atoms with Gasteiger partial charge in [0.1, 0.15) is 5.56 Å². The second kappa shape index (κ2) is 5.01. The van der Waals surface area contributed by atoms with E-state index in [0.29, 0.717) is 0 Å². The molecule has 2 aromatic rings. The van der Waals surface area contributed by atoms with E-state index in [-0.39, 0.29) is 22.6 Å². The Morgan fingerprint density at radius 1 is 1.26 bits per heavy atom. The van der Waals surface area contributed by atoms with Crippen molar-refractivity contribution in [1.29, 1.82) is 0 Å². The highest BCUT2D eigenvalue weighted by atomic mass is 19.2. The summed E-state index contributed by atoms with van der Waals surface area (Å²) in [7, 11) is 1.32. The average molecular weight is 265 g/mol. The van der Waals surface area contributed by atoms with Gasteiger partial charge >= 0.3 is 5.97 Å². The van der Waals surface area contributed by atoms with Gasteiger partial charge in [-0.25, -0.2) is 13.6 Å². The van der Waals surface area contributed by atoms with Crippen LogP contribution in [0, 0.1) is 11.6 Å². The monoisotopic (exact) mass is 265 g/mol. The van der Waals surface area contributed by atoms with E-state index in [1.165, 1.54) is 25.4 Å². The Hall–Kier alpha value is -2.50. The lowest BCUT2D eigenvalue weighted by molar-refractivity contribution is 0.0693. The molecule has 0 radical (unpaired) electrons. The standard InChI is InChI=1S/C13H9F2NO3/c1-19-12-6-16-11(5-8(12)13(17)18)7-2-3-9(14)10(15)4-7/h2-6H,1H3,(H,17,18). The third-order valence-corrected chi connectivity index (χ3v) is 2.53. The zero-order valence-electron chi connectivity index (χ0n) is 9.85. The van der Waals surface area contributed by atoms with Crippen LogP contribution < -0.4 is 4.74 Å². The molecule has 6 heteroatoms. The summed E-state index contributed by atoms with van der Waals surface area (Å²) in [4.78, 5) is 15.0. The van der Waals surface area contributed by atoms with E-state index in [4.69, 9.17) is 9.84 Å². The first-order chi connectivity index (χ1) is 9.02. The van der Waals surface area contributed by atoms with Crippen molar-refractivity contribution in [2.75, 3.05) is 7.11 Å². The van der Waals surface area contributed by atoms with E-state index < -0.39 is 17.6 Å². The van der Waals surface area contributed by atoms with Crippen molar-refractivity contribution in [2.45, 2.75) is 0 Å². The molecule has 98 valence electrons. The van der Waals surface area contributed by atoms with Crippen LogP contribution in [0.3, 0.4) is 0 Å². The molecular formula is C13H9F2NO3. The number of carboxylic acid groups (broad SMARTS) is 1. The fourth-order valence-electron chi connectivity index (χ4n) is 1.59. The molecule has 0 amide bonds. The van der Waals surface area contributed by atoms with Crippen molar-refractivity contribution < 1.29 is 23.4 Å². The summed E-state index contributed by atoms with van der Waals surface area (Å²) in [6.07, 6.45) is 1.22. The van der Waals surface area contributed by atoms with Crippen molar-refractivity contribution >= 4 is 5.97 Å². The Bertz CT molecular complexity index is 644. The molecule has 0 spiro atoms. The van der Waals surface area contributed by atoms with Gasteiger partial charge < -0.3 is 9.84 Å². The minimum Gasteiger partial charge on any atom is -0.494 e. The van der Waals surface area contributed by atoms with Gasteiger partial charge in [-0.1, -0.05) is 0 Å². The van der Waals surface area contributed by atoms with Crippen LogP contribution in [-0.4, -0.2) is 23.2 Å². The van der Waals surface area contributed by atoms with E-state index in [2.05, 4.69) is 4.98 Å². The van der Waals surface area contributed by atoms with E-state index in [0.717, 1.165) is 12.1 Å². The molecule has 0 aliphatic rings. The number of carboxylic acids is 1. The highest BCUT2D eigenvalue weighted by molar-refractivity contribution is 5.92. The maximum absolute atomic E-state index is 13.1. The number of ether oxygens (including phenoxy) is 1. The first kappa shape index (κ1) is 12.9. The average Bonchev–Trinajstić information content (AvgIpc) is 2.41. The van der Waals surface area contributed by atoms with Crippen LogP contribution in [0.25, 0.3) is 11.3 Å². The molecule has 2 rings (SSSR count). The van der Waals surface area contributed by atoms with E-state index >= 15 is 0 Å². The Morgan fingerprint density at radius 2 is 2.00 bits per heavy atom. The van der Waals surface area contributed by atoms with Gasteiger partial charge in [-0.2, -0.15) is 0 Å². The number of rotatable bonds is 3. The molecule has 0 aliphatic heterocycles. The second-order valence-electron chi connectivity index (χ2n) is 3.70. The number of aromatic carboxylic acids is 1. The lowest BCUT2D eigenvalue weighted by atomic mass is 10.1. The molecule has 1 heterocycles. The van der Waals surface area contributed by atoms with Crippen molar-refractivity contribution in [3.8, 4) is 17.0 Å². The predicted octanol–water partition coefficient (Wildman–Crippen LogP) is 2.73. The van der Waals surface area contributed by atoms with Gasteiger partial charge in [-0.05, 0) is 24.3 Å². The van der Waals surface area contributed by atoms with Gasteiger partial charge in [0.05, 0.1) is 19.0 Å². The summed E-state index contributed by atoms with van der Waals surface area (Å²) in [5.41, 5.74) is 0.401. The lowest BCUT2D eigenvalue weighted by Gasteiger charge is -2.07. The number of methoxy groups -OCH3 is 1. The zero-order valence-corrected chi connectivity index (χ0v) is 9.85. The first-order valence-corrected chi connectivity index (χ1v) is 5.25. The molecule has 0 saturated heterocycles. The number of nitrogens with zero attached hydrogens (tertiary/aromatic N) is 1. The molecule has 0 bridgehead atoms. The number of carbonyl (C=O) groups is 1. The predicted molar refractivity (Wildman–Crippen MR) is 63.1 cm³/mol. The minimum atomic E-state index is -1.19. The largest absolute Gasteiger partial charge is 0.494 e. The van der Waals surface area contributed by atoms with Crippen LogP contribution in [0.5, 0.6) is 5.75 Å². The zero-order chi connectivity index (χ0) is 14.0. The maximum atomic E-state index is 13.1. The SMILES string of the molecule is COc1cnc(-c2ccc(F)c(F)c2)cc1C(=O)O. The number of hydrogen-bond donors (Lipinski definition) is 1. The number of hydrogen-bond acceptors (Lipinski definition) is 3.